The summed E-state index contributed by atoms with van der Waals surface area (Å²) < 4.78 is 2.19. The van der Waals surface area contributed by atoms with E-state index >= 15 is 0 Å². The molecule has 0 spiro atoms. The van der Waals surface area contributed by atoms with Crippen molar-refractivity contribution in [2.24, 2.45) is 5.73 Å². The van der Waals surface area contributed by atoms with Crippen molar-refractivity contribution in [3.8, 4) is 0 Å². The normalized spacial score (nSPS) is 8.92. The molecule has 0 aliphatic rings. The van der Waals surface area contributed by atoms with Gasteiger partial charge >= 0.3 is 0 Å². The van der Waals surface area contributed by atoms with Crippen LogP contribution in [0.3, 0.4) is 0 Å². The van der Waals surface area contributed by atoms with Crippen molar-refractivity contribution in [1.29, 1.82) is 0 Å². The van der Waals surface area contributed by atoms with Gasteiger partial charge in [0.15, 0.2) is 12.2 Å². The molecule has 5 nitrogen and oxygen atoms in total. The van der Waals surface area contributed by atoms with Gasteiger partial charge in [0.1, 0.15) is 5.82 Å². The predicted molar refractivity (Wildman–Crippen MR) is 103 cm³/mol. The summed E-state index contributed by atoms with van der Waals surface area (Å²) in [4.78, 5) is 9.87. The quantitative estimate of drug-likeness (QED) is 0.827. The molecule has 0 atom stereocenters. The molecule has 0 aromatic carbocycles. The summed E-state index contributed by atoms with van der Waals surface area (Å²) >= 11 is 1.69. The number of aliphatic hydroxyl groups excluding tert-OH is 1. The highest BCUT2D eigenvalue weighted by Crippen LogP contribution is 2.12. The van der Waals surface area contributed by atoms with Gasteiger partial charge in [0, 0.05) is 26.1 Å². The number of rotatable bonds is 4. The number of hydrogen-bond acceptors (Lipinski definition) is 5. The number of aliphatic hydroxyl groups is 1. The first-order valence-corrected chi connectivity index (χ1v) is 9.44. The van der Waals surface area contributed by atoms with Crippen molar-refractivity contribution in [2.45, 2.75) is 61.4 Å². The molecule has 0 saturated carbocycles. The smallest absolute Gasteiger partial charge is 0.225 e. The summed E-state index contributed by atoms with van der Waals surface area (Å²) in [7, 11) is 1.50. The number of nitrogens with zero attached hydrogens (tertiary/aromatic N) is 3. The Bertz CT molecular complexity index is 556. The number of aromatic nitrogens is 3. The minimum Gasteiger partial charge on any atom is -0.396 e. The standard InChI is InChI=1S/C13H18N3OS.2C2H6.CH5N/c1-9-12(6-14-11(3)15-9)7-16-8-18-13(4-5-17)10(16)2;3*1-2/h6,8,17H,4-5,7H2,1-3H3;2*1-2H3;2H2,1H3/q+1;;;. The molecule has 0 fully saturated rings. The van der Waals surface area contributed by atoms with Gasteiger partial charge in [0.2, 0.25) is 5.51 Å². The fourth-order valence-corrected chi connectivity index (χ4v) is 2.88. The van der Waals surface area contributed by atoms with Crippen molar-refractivity contribution < 1.29 is 9.67 Å². The number of thiazole rings is 1. The third-order valence-corrected chi connectivity index (χ3v) is 4.18. The van der Waals surface area contributed by atoms with Crippen LogP contribution in [0.25, 0.3) is 0 Å². The molecule has 2 aromatic heterocycles. The fourth-order valence-electron chi connectivity index (χ4n) is 1.90. The van der Waals surface area contributed by atoms with E-state index in [9.17, 15) is 0 Å². The van der Waals surface area contributed by atoms with Crippen LogP contribution in [0.5, 0.6) is 0 Å². The molecule has 2 rings (SSSR count). The SMILES string of the molecule is CC.CC.CN.Cc1ncc(C[n+]2csc(CCO)c2C)c(C)n1. The van der Waals surface area contributed by atoms with E-state index < -0.39 is 0 Å². The Morgan fingerprint density at radius 2 is 1.71 bits per heavy atom. The molecule has 0 bridgehead atoms. The van der Waals surface area contributed by atoms with Gasteiger partial charge in [-0.05, 0) is 20.9 Å². The van der Waals surface area contributed by atoms with E-state index in [0.29, 0.717) is 0 Å². The average molecular weight is 356 g/mol. The lowest BCUT2D eigenvalue weighted by atomic mass is 10.2. The maximum Gasteiger partial charge on any atom is 0.225 e. The summed E-state index contributed by atoms with van der Waals surface area (Å²) in [5.74, 6) is 0.810. The van der Waals surface area contributed by atoms with Gasteiger partial charge in [-0.1, -0.05) is 39.0 Å². The molecule has 2 heterocycles. The molecule has 0 aliphatic carbocycles. The number of nitrogens with two attached hydrogens (primary N) is 1. The molecular formula is C18H35N4OS+. The first-order valence-electron chi connectivity index (χ1n) is 8.56. The lowest BCUT2D eigenvalue weighted by Gasteiger charge is -2.02. The van der Waals surface area contributed by atoms with Crippen LogP contribution in [0.15, 0.2) is 11.7 Å². The van der Waals surface area contributed by atoms with Gasteiger partial charge in [-0.3, -0.25) is 0 Å². The van der Waals surface area contributed by atoms with Gasteiger partial charge in [-0.2, -0.15) is 4.57 Å². The topological polar surface area (TPSA) is 75.9 Å². The first kappa shape index (κ1) is 24.9. The lowest BCUT2D eigenvalue weighted by molar-refractivity contribution is -0.689. The zero-order valence-electron chi connectivity index (χ0n) is 16.6. The van der Waals surface area contributed by atoms with Gasteiger partial charge in [0.05, 0.1) is 16.1 Å². The van der Waals surface area contributed by atoms with E-state index in [1.54, 1.807) is 11.3 Å². The van der Waals surface area contributed by atoms with E-state index in [-0.39, 0.29) is 6.61 Å². The van der Waals surface area contributed by atoms with Crippen molar-refractivity contribution in [1.82, 2.24) is 9.97 Å². The molecule has 0 radical (unpaired) electrons. The lowest BCUT2D eigenvalue weighted by Crippen LogP contribution is -2.35. The molecule has 0 aliphatic heterocycles. The molecule has 6 heteroatoms. The second kappa shape index (κ2) is 15.2. The van der Waals surface area contributed by atoms with Crippen LogP contribution in [0.1, 0.15) is 55.3 Å². The molecule has 2 aromatic rings. The van der Waals surface area contributed by atoms with E-state index in [0.717, 1.165) is 30.0 Å². The second-order valence-electron chi connectivity index (χ2n) is 4.36. The van der Waals surface area contributed by atoms with Crippen molar-refractivity contribution in [3.05, 3.63) is 39.4 Å². The largest absolute Gasteiger partial charge is 0.396 e. The molecule has 138 valence electrons. The summed E-state index contributed by atoms with van der Waals surface area (Å²) in [6.45, 7) is 15.0. The summed E-state index contributed by atoms with van der Waals surface area (Å²) in [5.41, 5.74) is 9.99. The van der Waals surface area contributed by atoms with E-state index in [2.05, 4.69) is 32.7 Å². The summed E-state index contributed by atoms with van der Waals surface area (Å²) in [6, 6.07) is 0. The number of aryl methyl sites for hydroxylation is 2. The molecule has 3 N–H and O–H groups in total. The van der Waals surface area contributed by atoms with Crippen molar-refractivity contribution in [3.63, 3.8) is 0 Å². The Hall–Kier alpha value is -1.37. The van der Waals surface area contributed by atoms with Gasteiger partial charge in [0.25, 0.3) is 0 Å². The summed E-state index contributed by atoms with van der Waals surface area (Å²) in [6.07, 6.45) is 2.63. The van der Waals surface area contributed by atoms with E-state index in [1.807, 2.05) is 47.7 Å². The van der Waals surface area contributed by atoms with Crippen molar-refractivity contribution in [2.75, 3.05) is 13.7 Å². The molecule has 0 unspecified atom stereocenters. The predicted octanol–water partition coefficient (Wildman–Crippen LogP) is 2.96. The maximum absolute atomic E-state index is 9.00. The Labute approximate surface area is 151 Å². The Kier molecular flexibility index (Phi) is 15.7. The third kappa shape index (κ3) is 7.95. The zero-order valence-corrected chi connectivity index (χ0v) is 17.4. The second-order valence-corrected chi connectivity index (χ2v) is 5.30. The highest BCUT2D eigenvalue weighted by Gasteiger charge is 2.16. The van der Waals surface area contributed by atoms with Crippen LogP contribution >= 0.6 is 11.3 Å². The zero-order chi connectivity index (χ0) is 19.1. The molecule has 0 amide bonds. The first-order chi connectivity index (χ1) is 11.6. The van der Waals surface area contributed by atoms with Crippen LogP contribution in [0.2, 0.25) is 0 Å². The molecule has 0 saturated heterocycles. The van der Waals surface area contributed by atoms with Gasteiger partial charge in [-0.25, -0.2) is 9.97 Å². The molecular weight excluding hydrogens is 320 g/mol. The summed E-state index contributed by atoms with van der Waals surface area (Å²) in [5, 5.41) is 9.00. The Balaban J connectivity index is 0. The van der Waals surface area contributed by atoms with Crippen LogP contribution < -0.4 is 10.3 Å². The third-order valence-electron chi connectivity index (χ3n) is 3.04. The van der Waals surface area contributed by atoms with Gasteiger partial charge < -0.3 is 10.8 Å². The minimum absolute atomic E-state index is 0.202. The van der Waals surface area contributed by atoms with Crippen LogP contribution in [-0.2, 0) is 13.0 Å². The highest BCUT2D eigenvalue weighted by molar-refractivity contribution is 7.09. The van der Waals surface area contributed by atoms with Gasteiger partial charge in [-0.15, -0.1) is 0 Å². The van der Waals surface area contributed by atoms with E-state index in [1.165, 1.54) is 17.6 Å². The Morgan fingerprint density at radius 3 is 2.21 bits per heavy atom. The maximum atomic E-state index is 9.00. The van der Waals surface area contributed by atoms with Crippen molar-refractivity contribution >= 4 is 11.3 Å². The minimum atomic E-state index is 0.202. The fraction of sp³-hybridized carbons (Fsp3) is 0.611. The molecule has 24 heavy (non-hydrogen) atoms. The van der Waals surface area contributed by atoms with Crippen LogP contribution in [0.4, 0.5) is 0 Å². The van der Waals surface area contributed by atoms with Crippen LogP contribution in [0, 0.1) is 20.8 Å². The average Bonchev–Trinajstić information content (AvgIpc) is 2.96. The monoisotopic (exact) mass is 355 g/mol. The number of hydrogen-bond donors (Lipinski definition) is 2. The Morgan fingerprint density at radius 1 is 1.12 bits per heavy atom. The van der Waals surface area contributed by atoms with E-state index in [4.69, 9.17) is 5.11 Å². The highest BCUT2D eigenvalue weighted by atomic mass is 32.1. The van der Waals surface area contributed by atoms with Crippen LogP contribution in [-0.4, -0.2) is 28.7 Å².